The van der Waals surface area contributed by atoms with Gasteiger partial charge in [0.25, 0.3) is 0 Å². The average molecular weight is 560 g/mol. The van der Waals surface area contributed by atoms with Gasteiger partial charge in [0.2, 0.25) is 0 Å². The fraction of sp³-hybridized carbons (Fsp3) is 0.708. The van der Waals surface area contributed by atoms with Crippen molar-refractivity contribution in [2.24, 2.45) is 4.99 Å². The summed E-state index contributed by atoms with van der Waals surface area (Å²) in [6, 6.07) is 8.69. The fourth-order valence-corrected chi connectivity index (χ4v) is 4.52. The van der Waals surface area contributed by atoms with Crippen molar-refractivity contribution in [2.45, 2.75) is 58.5 Å². The molecule has 0 aromatic heterocycles. The zero-order chi connectivity index (χ0) is 22.3. The van der Waals surface area contributed by atoms with Gasteiger partial charge >= 0.3 is 0 Å². The molecule has 2 aliphatic rings. The van der Waals surface area contributed by atoms with Gasteiger partial charge in [-0.25, -0.2) is 0 Å². The van der Waals surface area contributed by atoms with E-state index in [2.05, 4.69) is 77.4 Å². The van der Waals surface area contributed by atoms with Crippen molar-refractivity contribution in [3.8, 4) is 0 Å². The summed E-state index contributed by atoms with van der Waals surface area (Å²) in [7, 11) is 1.83. The van der Waals surface area contributed by atoms with Crippen molar-refractivity contribution in [1.29, 1.82) is 0 Å². The molecule has 8 heteroatoms. The first kappa shape index (κ1) is 27.3. The number of hydrogen-bond donors (Lipinski definition) is 2. The zero-order valence-electron chi connectivity index (χ0n) is 20.4. The van der Waals surface area contributed by atoms with Gasteiger partial charge < -0.3 is 20.1 Å². The van der Waals surface area contributed by atoms with Crippen LogP contribution in [0.25, 0.3) is 0 Å². The molecule has 0 bridgehead atoms. The molecule has 1 aromatic carbocycles. The van der Waals surface area contributed by atoms with Crippen LogP contribution >= 0.6 is 24.0 Å². The maximum Gasteiger partial charge on any atom is 0.191 e. The summed E-state index contributed by atoms with van der Waals surface area (Å²) in [4.78, 5) is 9.42. The fourth-order valence-electron chi connectivity index (χ4n) is 4.52. The van der Waals surface area contributed by atoms with E-state index in [4.69, 9.17) is 9.47 Å². The first-order valence-electron chi connectivity index (χ1n) is 11.6. The standard InChI is InChI=1S/C24H41N5O2.HI/c1-19-15-28(16-20(2)31-19)17-22-9-7-6-8-21(22)14-26-23(25-5)27-18-24(3,4)29-10-12-30-13-11-29;/h6-9,19-20H,10-18H2,1-5H3,(H2,25,26,27);1H. The molecule has 2 N–H and O–H groups in total. The van der Waals surface area contributed by atoms with Crippen LogP contribution in [-0.4, -0.2) is 86.5 Å². The predicted octanol–water partition coefficient (Wildman–Crippen LogP) is 2.69. The monoisotopic (exact) mass is 559 g/mol. The Morgan fingerprint density at radius 1 is 1.06 bits per heavy atom. The van der Waals surface area contributed by atoms with Crippen LogP contribution in [-0.2, 0) is 22.6 Å². The van der Waals surface area contributed by atoms with Gasteiger partial charge in [-0.15, -0.1) is 24.0 Å². The number of morpholine rings is 2. The Balaban J connectivity index is 0.00000363. The molecular weight excluding hydrogens is 517 g/mol. The summed E-state index contributed by atoms with van der Waals surface area (Å²) < 4.78 is 11.4. The van der Waals surface area contributed by atoms with Crippen LogP contribution in [0.3, 0.4) is 0 Å². The van der Waals surface area contributed by atoms with E-state index >= 15 is 0 Å². The molecule has 0 radical (unpaired) electrons. The minimum atomic E-state index is 0. The third-order valence-corrected chi connectivity index (χ3v) is 6.23. The smallest absolute Gasteiger partial charge is 0.191 e. The third kappa shape index (κ3) is 8.13. The number of hydrogen-bond acceptors (Lipinski definition) is 5. The lowest BCUT2D eigenvalue weighted by molar-refractivity contribution is -0.0705. The number of nitrogens with one attached hydrogen (secondary N) is 2. The van der Waals surface area contributed by atoms with Gasteiger partial charge in [0.1, 0.15) is 0 Å². The van der Waals surface area contributed by atoms with Crippen LogP contribution in [0, 0.1) is 0 Å². The second kappa shape index (κ2) is 13.1. The maximum absolute atomic E-state index is 5.89. The van der Waals surface area contributed by atoms with E-state index in [9.17, 15) is 0 Å². The van der Waals surface area contributed by atoms with Gasteiger partial charge in [-0.3, -0.25) is 14.8 Å². The molecule has 2 fully saturated rings. The van der Waals surface area contributed by atoms with E-state index in [1.165, 1.54) is 11.1 Å². The summed E-state index contributed by atoms with van der Waals surface area (Å²) >= 11 is 0. The lowest BCUT2D eigenvalue weighted by atomic mass is 10.0. The molecule has 2 saturated heterocycles. The van der Waals surface area contributed by atoms with Crippen LogP contribution in [0.2, 0.25) is 0 Å². The molecule has 182 valence electrons. The largest absolute Gasteiger partial charge is 0.379 e. The molecule has 0 amide bonds. The number of ether oxygens (including phenoxy) is 2. The Bertz CT molecular complexity index is 714. The second-order valence-corrected chi connectivity index (χ2v) is 9.41. The van der Waals surface area contributed by atoms with Crippen molar-refractivity contribution in [3.63, 3.8) is 0 Å². The van der Waals surface area contributed by atoms with E-state index in [-0.39, 0.29) is 41.7 Å². The van der Waals surface area contributed by atoms with Crippen LogP contribution in [0.1, 0.15) is 38.8 Å². The molecule has 0 aliphatic carbocycles. The molecule has 2 atom stereocenters. The van der Waals surface area contributed by atoms with Gasteiger partial charge in [0.15, 0.2) is 5.96 Å². The molecule has 2 aliphatic heterocycles. The molecule has 0 saturated carbocycles. The van der Waals surface area contributed by atoms with E-state index in [1.54, 1.807) is 0 Å². The van der Waals surface area contributed by atoms with E-state index in [0.29, 0.717) is 0 Å². The maximum atomic E-state index is 5.89. The number of aliphatic imine (C=N–C) groups is 1. The van der Waals surface area contributed by atoms with Gasteiger partial charge in [-0.1, -0.05) is 24.3 Å². The lowest BCUT2D eigenvalue weighted by Gasteiger charge is -2.41. The predicted molar refractivity (Wildman–Crippen MR) is 142 cm³/mol. The molecule has 3 rings (SSSR count). The van der Waals surface area contributed by atoms with Crippen LogP contribution in [0.5, 0.6) is 0 Å². The number of rotatable bonds is 7. The Labute approximate surface area is 211 Å². The highest BCUT2D eigenvalue weighted by Gasteiger charge is 2.28. The number of halogens is 1. The lowest BCUT2D eigenvalue weighted by Crippen LogP contribution is -2.56. The summed E-state index contributed by atoms with van der Waals surface area (Å²) in [6.45, 7) is 16.9. The Morgan fingerprint density at radius 2 is 1.69 bits per heavy atom. The second-order valence-electron chi connectivity index (χ2n) is 9.41. The summed E-state index contributed by atoms with van der Waals surface area (Å²) in [5.41, 5.74) is 2.72. The minimum Gasteiger partial charge on any atom is -0.379 e. The molecule has 2 heterocycles. The van der Waals surface area contributed by atoms with Gasteiger partial charge in [0.05, 0.1) is 25.4 Å². The van der Waals surface area contributed by atoms with Crippen LogP contribution in [0.15, 0.2) is 29.3 Å². The first-order valence-corrected chi connectivity index (χ1v) is 11.6. The van der Waals surface area contributed by atoms with E-state index < -0.39 is 0 Å². The molecule has 2 unspecified atom stereocenters. The summed E-state index contributed by atoms with van der Waals surface area (Å²) in [5, 5.41) is 7.03. The number of nitrogens with zero attached hydrogens (tertiary/aromatic N) is 3. The Morgan fingerprint density at radius 3 is 2.31 bits per heavy atom. The zero-order valence-corrected chi connectivity index (χ0v) is 22.7. The van der Waals surface area contributed by atoms with Crippen molar-refractivity contribution >= 4 is 29.9 Å². The van der Waals surface area contributed by atoms with Gasteiger partial charge in [-0.05, 0) is 38.8 Å². The van der Waals surface area contributed by atoms with Crippen molar-refractivity contribution in [1.82, 2.24) is 20.4 Å². The van der Waals surface area contributed by atoms with Crippen LogP contribution in [0.4, 0.5) is 0 Å². The molecule has 0 spiro atoms. The number of benzene rings is 1. The normalized spacial score (nSPS) is 23.5. The molecule has 1 aromatic rings. The molecule has 32 heavy (non-hydrogen) atoms. The third-order valence-electron chi connectivity index (χ3n) is 6.23. The van der Waals surface area contributed by atoms with Crippen molar-refractivity contribution in [2.75, 3.05) is 53.0 Å². The minimum absolute atomic E-state index is 0. The first-order chi connectivity index (χ1) is 14.9. The van der Waals surface area contributed by atoms with Crippen molar-refractivity contribution < 1.29 is 9.47 Å². The van der Waals surface area contributed by atoms with Crippen molar-refractivity contribution in [3.05, 3.63) is 35.4 Å². The highest BCUT2D eigenvalue weighted by atomic mass is 127. The van der Waals surface area contributed by atoms with Crippen LogP contribution < -0.4 is 10.6 Å². The Kier molecular flexibility index (Phi) is 11.2. The topological polar surface area (TPSA) is 61.4 Å². The van der Waals surface area contributed by atoms with E-state index in [1.807, 2.05) is 7.05 Å². The van der Waals surface area contributed by atoms with Gasteiger partial charge in [-0.2, -0.15) is 0 Å². The average Bonchev–Trinajstić information content (AvgIpc) is 2.75. The molecule has 7 nitrogen and oxygen atoms in total. The summed E-state index contributed by atoms with van der Waals surface area (Å²) in [6.07, 6.45) is 0.568. The SMILES string of the molecule is CN=C(NCc1ccccc1CN1CC(C)OC(C)C1)NCC(C)(C)N1CCOCC1.I. The van der Waals surface area contributed by atoms with Gasteiger partial charge in [0, 0.05) is 58.4 Å². The van der Waals surface area contributed by atoms with E-state index in [0.717, 1.165) is 65.0 Å². The highest BCUT2D eigenvalue weighted by Crippen LogP contribution is 2.17. The quantitative estimate of drug-likeness (QED) is 0.305. The number of guanidine groups is 1. The highest BCUT2D eigenvalue weighted by molar-refractivity contribution is 14.0. The molecular formula is C24H42IN5O2. The summed E-state index contributed by atoms with van der Waals surface area (Å²) in [5.74, 6) is 0.838. The Hall–Kier alpha value is -0.940.